The maximum atomic E-state index is 13.1. The lowest BCUT2D eigenvalue weighted by atomic mass is 9.91. The van der Waals surface area contributed by atoms with Gasteiger partial charge in [-0.3, -0.25) is 9.48 Å². The molecule has 0 saturated heterocycles. The third-order valence-corrected chi connectivity index (χ3v) is 5.51. The molecular formula is C22H27N5O2. The Morgan fingerprint density at radius 3 is 2.86 bits per heavy atom. The highest BCUT2D eigenvalue weighted by molar-refractivity contribution is 5.94. The zero-order chi connectivity index (χ0) is 20.4. The number of hydrogen-bond donors (Lipinski definition) is 1. The number of amides is 1. The van der Waals surface area contributed by atoms with E-state index in [4.69, 9.17) is 4.52 Å². The van der Waals surface area contributed by atoms with Crippen molar-refractivity contribution in [1.82, 2.24) is 25.2 Å². The third-order valence-electron chi connectivity index (χ3n) is 5.51. The summed E-state index contributed by atoms with van der Waals surface area (Å²) in [6.45, 7) is 3.12. The topological polar surface area (TPSA) is 76.2 Å². The first-order valence-corrected chi connectivity index (χ1v) is 10.0. The molecule has 2 aromatic heterocycles. The smallest absolute Gasteiger partial charge is 0.274 e. The Labute approximate surface area is 170 Å². The summed E-state index contributed by atoms with van der Waals surface area (Å²) in [6.07, 6.45) is 2.70. The summed E-state index contributed by atoms with van der Waals surface area (Å²) < 4.78 is 7.16. The lowest BCUT2D eigenvalue weighted by molar-refractivity contribution is 0.0777. The molecule has 1 unspecified atom stereocenters. The number of carbonyl (C=O) groups excluding carboxylic acids is 1. The second-order valence-corrected chi connectivity index (χ2v) is 7.80. The van der Waals surface area contributed by atoms with Crippen LogP contribution in [0.2, 0.25) is 0 Å². The molecule has 7 nitrogen and oxygen atoms in total. The normalized spacial score (nSPS) is 15.9. The Morgan fingerprint density at radius 2 is 2.14 bits per heavy atom. The summed E-state index contributed by atoms with van der Waals surface area (Å²) in [7, 11) is 3.76. The molecule has 1 aliphatic rings. The van der Waals surface area contributed by atoms with E-state index in [1.807, 2.05) is 62.1 Å². The highest BCUT2D eigenvalue weighted by Crippen LogP contribution is 2.25. The molecule has 0 saturated carbocycles. The summed E-state index contributed by atoms with van der Waals surface area (Å²) in [5.41, 5.74) is 4.79. The molecule has 0 radical (unpaired) electrons. The average Bonchev–Trinajstić information content (AvgIpc) is 3.29. The second kappa shape index (κ2) is 8.21. The van der Waals surface area contributed by atoms with Gasteiger partial charge in [0.25, 0.3) is 5.91 Å². The van der Waals surface area contributed by atoms with Crippen LogP contribution in [0, 0.1) is 6.92 Å². The van der Waals surface area contributed by atoms with Gasteiger partial charge in [-0.05, 0) is 31.7 Å². The number of nitrogens with zero attached hydrogens (tertiary/aromatic N) is 4. The van der Waals surface area contributed by atoms with E-state index in [9.17, 15) is 4.79 Å². The van der Waals surface area contributed by atoms with Crippen LogP contribution in [0.15, 0.2) is 40.9 Å². The Morgan fingerprint density at radius 1 is 1.34 bits per heavy atom. The number of fused-ring (bicyclic) bond motifs is 1. The molecule has 0 aliphatic heterocycles. The SMILES string of the molecule is Cc1cc(CNC2CCc3c(c(C(=O)N(C)Cc4ccccc4)nn3C)C2)on1. The van der Waals surface area contributed by atoms with Crippen molar-refractivity contribution in [2.24, 2.45) is 7.05 Å². The second-order valence-electron chi connectivity index (χ2n) is 7.80. The summed E-state index contributed by atoms with van der Waals surface area (Å²) >= 11 is 0. The van der Waals surface area contributed by atoms with E-state index in [-0.39, 0.29) is 11.9 Å². The highest BCUT2D eigenvalue weighted by Gasteiger charge is 2.29. The van der Waals surface area contributed by atoms with Crippen molar-refractivity contribution in [1.29, 1.82) is 0 Å². The lowest BCUT2D eigenvalue weighted by Gasteiger charge is -2.24. The van der Waals surface area contributed by atoms with Gasteiger partial charge in [-0.25, -0.2) is 0 Å². The van der Waals surface area contributed by atoms with E-state index in [0.29, 0.717) is 18.8 Å². The minimum absolute atomic E-state index is 0.0304. The largest absolute Gasteiger partial charge is 0.360 e. The molecule has 7 heteroatoms. The van der Waals surface area contributed by atoms with Gasteiger partial charge < -0.3 is 14.7 Å². The van der Waals surface area contributed by atoms with Gasteiger partial charge in [-0.1, -0.05) is 35.5 Å². The molecule has 0 bridgehead atoms. The quantitative estimate of drug-likeness (QED) is 0.697. The van der Waals surface area contributed by atoms with E-state index < -0.39 is 0 Å². The molecule has 4 rings (SSSR count). The predicted octanol–water partition coefficient (Wildman–Crippen LogP) is 2.64. The van der Waals surface area contributed by atoms with Crippen LogP contribution in [0.5, 0.6) is 0 Å². The van der Waals surface area contributed by atoms with Crippen LogP contribution in [0.3, 0.4) is 0 Å². The molecule has 1 amide bonds. The monoisotopic (exact) mass is 393 g/mol. The van der Waals surface area contributed by atoms with E-state index in [1.165, 1.54) is 0 Å². The van der Waals surface area contributed by atoms with Crippen molar-refractivity contribution in [2.45, 2.75) is 45.3 Å². The maximum Gasteiger partial charge on any atom is 0.274 e. The lowest BCUT2D eigenvalue weighted by Crippen LogP contribution is -2.35. The number of benzene rings is 1. The number of hydrogen-bond acceptors (Lipinski definition) is 5. The molecule has 152 valence electrons. The summed E-state index contributed by atoms with van der Waals surface area (Å²) in [4.78, 5) is 14.9. The zero-order valence-corrected chi connectivity index (χ0v) is 17.2. The van der Waals surface area contributed by atoms with Crippen molar-refractivity contribution < 1.29 is 9.32 Å². The van der Waals surface area contributed by atoms with Gasteiger partial charge in [-0.15, -0.1) is 0 Å². The van der Waals surface area contributed by atoms with Gasteiger partial charge in [0.15, 0.2) is 11.5 Å². The summed E-state index contributed by atoms with van der Waals surface area (Å²) in [5.74, 6) is 0.801. The molecule has 1 atom stereocenters. The minimum Gasteiger partial charge on any atom is -0.360 e. The molecule has 1 aromatic carbocycles. The molecular weight excluding hydrogens is 366 g/mol. The first-order valence-electron chi connectivity index (χ1n) is 10.0. The van der Waals surface area contributed by atoms with E-state index in [1.54, 1.807) is 4.90 Å². The van der Waals surface area contributed by atoms with Gasteiger partial charge in [0.05, 0.1) is 12.2 Å². The van der Waals surface area contributed by atoms with Crippen LogP contribution in [0.25, 0.3) is 0 Å². The van der Waals surface area contributed by atoms with E-state index in [2.05, 4.69) is 15.6 Å². The average molecular weight is 393 g/mol. The fraction of sp³-hybridized carbons (Fsp3) is 0.409. The van der Waals surface area contributed by atoms with Crippen molar-refractivity contribution in [3.05, 3.63) is 70.4 Å². The number of nitrogens with one attached hydrogen (secondary N) is 1. The van der Waals surface area contributed by atoms with Crippen LogP contribution in [-0.2, 0) is 33.0 Å². The van der Waals surface area contributed by atoms with Crippen LogP contribution in [0.4, 0.5) is 0 Å². The van der Waals surface area contributed by atoms with Crippen molar-refractivity contribution >= 4 is 5.91 Å². The predicted molar refractivity (Wildman–Crippen MR) is 109 cm³/mol. The zero-order valence-electron chi connectivity index (χ0n) is 17.2. The first kappa shape index (κ1) is 19.4. The highest BCUT2D eigenvalue weighted by atomic mass is 16.5. The molecule has 2 heterocycles. The Bertz CT molecular complexity index is 992. The molecule has 1 aliphatic carbocycles. The molecule has 3 aromatic rings. The number of aromatic nitrogens is 3. The van der Waals surface area contributed by atoms with Crippen LogP contribution in [0.1, 0.15) is 45.2 Å². The van der Waals surface area contributed by atoms with Crippen molar-refractivity contribution in [2.75, 3.05) is 7.05 Å². The standard InChI is InChI=1S/C22H27N5O2/c1-15-11-18(29-25-15)13-23-17-9-10-20-19(12-17)21(24-27(20)3)22(28)26(2)14-16-7-5-4-6-8-16/h4-8,11,17,23H,9-10,12-14H2,1-3H3. The van der Waals surface area contributed by atoms with Crippen LogP contribution < -0.4 is 5.32 Å². The number of aryl methyl sites for hydroxylation is 2. The van der Waals surface area contributed by atoms with Crippen molar-refractivity contribution in [3.63, 3.8) is 0 Å². The molecule has 1 N–H and O–H groups in total. The minimum atomic E-state index is -0.0304. The van der Waals surface area contributed by atoms with E-state index >= 15 is 0 Å². The fourth-order valence-corrected chi connectivity index (χ4v) is 3.99. The van der Waals surface area contributed by atoms with Gasteiger partial charge in [0.2, 0.25) is 0 Å². The Kier molecular flexibility index (Phi) is 5.49. The third kappa shape index (κ3) is 4.24. The van der Waals surface area contributed by atoms with Crippen molar-refractivity contribution in [3.8, 4) is 0 Å². The van der Waals surface area contributed by atoms with Crippen LogP contribution in [-0.4, -0.2) is 38.8 Å². The Balaban J connectivity index is 1.46. The number of carbonyl (C=O) groups is 1. The van der Waals surface area contributed by atoms with Gasteiger partial charge in [0.1, 0.15) is 0 Å². The van der Waals surface area contributed by atoms with Gasteiger partial charge in [-0.2, -0.15) is 5.10 Å². The fourth-order valence-electron chi connectivity index (χ4n) is 3.99. The number of rotatable bonds is 6. The van der Waals surface area contributed by atoms with Gasteiger partial charge in [0, 0.05) is 44.0 Å². The van der Waals surface area contributed by atoms with Crippen LogP contribution >= 0.6 is 0 Å². The maximum absolute atomic E-state index is 13.1. The molecule has 29 heavy (non-hydrogen) atoms. The summed E-state index contributed by atoms with van der Waals surface area (Å²) in [6, 6.07) is 12.2. The van der Waals surface area contributed by atoms with E-state index in [0.717, 1.165) is 47.5 Å². The Hall–Kier alpha value is -2.93. The molecule has 0 spiro atoms. The van der Waals surface area contributed by atoms with Gasteiger partial charge >= 0.3 is 0 Å². The summed E-state index contributed by atoms with van der Waals surface area (Å²) in [5, 5.41) is 12.1. The first-order chi connectivity index (χ1) is 14.0. The molecule has 0 fully saturated rings.